The van der Waals surface area contributed by atoms with E-state index in [1.807, 2.05) is 13.0 Å². The smallest absolute Gasteiger partial charge is 0.389 e. The molecule has 0 radical (unpaired) electrons. The van der Waals surface area contributed by atoms with E-state index in [0.29, 0.717) is 10.2 Å². The van der Waals surface area contributed by atoms with Gasteiger partial charge in [0.15, 0.2) is 0 Å². The Morgan fingerprint density at radius 2 is 2.10 bits per heavy atom. The summed E-state index contributed by atoms with van der Waals surface area (Å²) in [5.41, 5.74) is 5.57. The first-order valence-corrected chi connectivity index (χ1v) is 6.96. The second-order valence-electron chi connectivity index (χ2n) is 4.24. The molecule has 2 rings (SSSR count). The van der Waals surface area contributed by atoms with Gasteiger partial charge in [0, 0.05) is 11.3 Å². The number of aryl methyl sites for hydroxylation is 1. The van der Waals surface area contributed by atoms with Gasteiger partial charge in [0.05, 0.1) is 12.0 Å². The summed E-state index contributed by atoms with van der Waals surface area (Å²) in [5.74, 6) is 0.318. The molecule has 2 heterocycles. The zero-order valence-corrected chi connectivity index (χ0v) is 11.6. The Bertz CT molecular complexity index is 597. The van der Waals surface area contributed by atoms with Crippen molar-refractivity contribution in [3.63, 3.8) is 0 Å². The molecule has 2 aromatic heterocycles. The molecule has 0 saturated carbocycles. The lowest BCUT2D eigenvalue weighted by Gasteiger charge is -2.08. The number of hydrogen-bond acceptors (Lipinski definition) is 5. The molecule has 0 saturated heterocycles. The highest BCUT2D eigenvalue weighted by molar-refractivity contribution is 7.18. The summed E-state index contributed by atoms with van der Waals surface area (Å²) in [6, 6.07) is 1.89. The average Bonchev–Trinajstić information content (AvgIpc) is 2.76. The maximum absolute atomic E-state index is 12.0. The summed E-state index contributed by atoms with van der Waals surface area (Å²) >= 11 is 1.48. The number of thiophene rings is 1. The van der Waals surface area contributed by atoms with Crippen LogP contribution in [-0.4, -0.2) is 22.8 Å². The van der Waals surface area contributed by atoms with Crippen LogP contribution in [0.1, 0.15) is 24.6 Å². The first kappa shape index (κ1) is 14.8. The predicted octanol–water partition coefficient (Wildman–Crippen LogP) is 3.56. The van der Waals surface area contributed by atoms with Crippen molar-refractivity contribution in [1.29, 1.82) is 0 Å². The van der Waals surface area contributed by atoms with Gasteiger partial charge in [-0.25, -0.2) is 4.98 Å². The van der Waals surface area contributed by atoms with Crippen LogP contribution in [0.25, 0.3) is 10.2 Å². The largest absolute Gasteiger partial charge is 0.477 e. The van der Waals surface area contributed by atoms with E-state index in [0.717, 1.165) is 11.3 Å². The van der Waals surface area contributed by atoms with E-state index < -0.39 is 12.6 Å². The lowest BCUT2D eigenvalue weighted by atomic mass is 10.3. The van der Waals surface area contributed by atoms with Crippen molar-refractivity contribution >= 4 is 27.5 Å². The summed E-state index contributed by atoms with van der Waals surface area (Å²) in [6.07, 6.45) is -4.31. The quantitative estimate of drug-likeness (QED) is 0.858. The Morgan fingerprint density at radius 1 is 1.35 bits per heavy atom. The van der Waals surface area contributed by atoms with Crippen LogP contribution in [-0.2, 0) is 6.42 Å². The van der Waals surface area contributed by atoms with Crippen molar-refractivity contribution in [2.24, 2.45) is 0 Å². The number of rotatable bonds is 5. The van der Waals surface area contributed by atoms with E-state index in [1.165, 1.54) is 11.3 Å². The van der Waals surface area contributed by atoms with E-state index >= 15 is 0 Å². The van der Waals surface area contributed by atoms with Crippen LogP contribution < -0.4 is 10.5 Å². The van der Waals surface area contributed by atoms with Crippen molar-refractivity contribution in [3.8, 4) is 5.88 Å². The van der Waals surface area contributed by atoms with Crippen LogP contribution in [0.4, 0.5) is 19.1 Å². The molecule has 0 bridgehead atoms. The van der Waals surface area contributed by atoms with Crippen molar-refractivity contribution in [1.82, 2.24) is 9.97 Å². The van der Waals surface area contributed by atoms with Gasteiger partial charge in [-0.1, -0.05) is 6.92 Å². The number of fused-ring (bicyclic) bond motifs is 1. The fourth-order valence-electron chi connectivity index (χ4n) is 1.69. The maximum atomic E-state index is 12.0. The molecule has 0 aliphatic rings. The van der Waals surface area contributed by atoms with Crippen molar-refractivity contribution in [2.75, 3.05) is 12.3 Å². The number of aromatic nitrogens is 2. The van der Waals surface area contributed by atoms with Gasteiger partial charge >= 0.3 is 6.18 Å². The maximum Gasteiger partial charge on any atom is 0.389 e. The van der Waals surface area contributed by atoms with Crippen molar-refractivity contribution < 1.29 is 17.9 Å². The SMILES string of the molecule is CCc1cc2c(OCCCC(F)(F)F)nc(N)nc2s1. The van der Waals surface area contributed by atoms with Crippen LogP contribution in [0.5, 0.6) is 5.88 Å². The first-order valence-electron chi connectivity index (χ1n) is 6.14. The highest BCUT2D eigenvalue weighted by atomic mass is 32.1. The molecule has 0 atom stereocenters. The number of nitrogen functional groups attached to an aromatic ring is 1. The zero-order chi connectivity index (χ0) is 14.8. The number of nitrogens with two attached hydrogens (primary N) is 1. The van der Waals surface area contributed by atoms with Gasteiger partial charge in [-0.3, -0.25) is 0 Å². The van der Waals surface area contributed by atoms with Crippen LogP contribution in [0.2, 0.25) is 0 Å². The normalized spacial score (nSPS) is 12.0. The van der Waals surface area contributed by atoms with E-state index in [4.69, 9.17) is 10.5 Å². The van der Waals surface area contributed by atoms with Crippen LogP contribution in [0, 0.1) is 0 Å². The fraction of sp³-hybridized carbons (Fsp3) is 0.500. The minimum atomic E-state index is -4.17. The third-order valence-corrected chi connectivity index (χ3v) is 3.79. The van der Waals surface area contributed by atoms with Gasteiger partial charge in [0.1, 0.15) is 4.83 Å². The number of ether oxygens (including phenoxy) is 1. The van der Waals surface area contributed by atoms with Crippen molar-refractivity contribution in [2.45, 2.75) is 32.4 Å². The molecule has 110 valence electrons. The molecule has 0 aromatic carbocycles. The lowest BCUT2D eigenvalue weighted by Crippen LogP contribution is -2.10. The minimum Gasteiger partial charge on any atom is -0.477 e. The summed E-state index contributed by atoms with van der Waals surface area (Å²) < 4.78 is 41.5. The third-order valence-electron chi connectivity index (χ3n) is 2.62. The van der Waals surface area contributed by atoms with Crippen LogP contribution >= 0.6 is 11.3 Å². The van der Waals surface area contributed by atoms with Gasteiger partial charge in [-0.05, 0) is 18.9 Å². The van der Waals surface area contributed by atoms with E-state index in [9.17, 15) is 13.2 Å². The monoisotopic (exact) mass is 305 g/mol. The van der Waals surface area contributed by atoms with E-state index in [-0.39, 0.29) is 24.9 Å². The number of alkyl halides is 3. The molecular weight excluding hydrogens is 291 g/mol. The number of anilines is 1. The van der Waals surface area contributed by atoms with E-state index in [2.05, 4.69) is 9.97 Å². The second-order valence-corrected chi connectivity index (χ2v) is 5.35. The number of nitrogens with zero attached hydrogens (tertiary/aromatic N) is 2. The van der Waals surface area contributed by atoms with Gasteiger partial charge in [0.2, 0.25) is 11.8 Å². The van der Waals surface area contributed by atoms with Crippen LogP contribution in [0.3, 0.4) is 0 Å². The molecule has 0 spiro atoms. The zero-order valence-electron chi connectivity index (χ0n) is 10.8. The molecule has 4 nitrogen and oxygen atoms in total. The molecular formula is C12H14F3N3OS. The Labute approximate surface area is 117 Å². The fourth-order valence-corrected chi connectivity index (χ4v) is 2.65. The average molecular weight is 305 g/mol. The molecule has 0 aliphatic heterocycles. The van der Waals surface area contributed by atoms with Gasteiger partial charge in [-0.15, -0.1) is 11.3 Å². The highest BCUT2D eigenvalue weighted by Gasteiger charge is 2.26. The predicted molar refractivity (Wildman–Crippen MR) is 72.0 cm³/mol. The standard InChI is InChI=1S/C12H14F3N3OS/c1-2-7-6-8-9(17-11(16)18-10(8)20-7)19-5-3-4-12(13,14)15/h6H,2-5H2,1H3,(H2,16,17,18). The molecule has 8 heteroatoms. The molecule has 20 heavy (non-hydrogen) atoms. The minimum absolute atomic E-state index is 0.0532. The Balaban J connectivity index is 2.10. The first-order chi connectivity index (χ1) is 9.39. The molecule has 0 aliphatic carbocycles. The third kappa shape index (κ3) is 3.72. The summed E-state index contributed by atoms with van der Waals surface area (Å²) in [4.78, 5) is 9.84. The molecule has 0 fully saturated rings. The Kier molecular flexibility index (Phi) is 4.32. The van der Waals surface area contributed by atoms with Gasteiger partial charge in [-0.2, -0.15) is 18.2 Å². The van der Waals surface area contributed by atoms with Gasteiger partial charge in [0.25, 0.3) is 0 Å². The number of halogens is 3. The molecule has 0 unspecified atom stereocenters. The lowest BCUT2D eigenvalue weighted by molar-refractivity contribution is -0.136. The summed E-state index contributed by atoms with van der Waals surface area (Å²) in [5, 5.41) is 0.702. The van der Waals surface area contributed by atoms with Crippen LogP contribution in [0.15, 0.2) is 6.07 Å². The molecule has 2 N–H and O–H groups in total. The van der Waals surface area contributed by atoms with Crippen molar-refractivity contribution in [3.05, 3.63) is 10.9 Å². The summed E-state index contributed by atoms with van der Waals surface area (Å²) in [7, 11) is 0. The Morgan fingerprint density at radius 3 is 2.75 bits per heavy atom. The van der Waals surface area contributed by atoms with E-state index in [1.54, 1.807) is 0 Å². The second kappa shape index (κ2) is 5.82. The molecule has 0 amide bonds. The topological polar surface area (TPSA) is 61.0 Å². The Hall–Kier alpha value is -1.57. The molecule has 2 aromatic rings. The highest BCUT2D eigenvalue weighted by Crippen LogP contribution is 2.31. The number of hydrogen-bond donors (Lipinski definition) is 1. The van der Waals surface area contributed by atoms with Gasteiger partial charge < -0.3 is 10.5 Å². The summed E-state index contributed by atoms with van der Waals surface area (Å²) in [6.45, 7) is 1.95.